The molecule has 2 heterocycles. The molecule has 2 aliphatic rings. The molecule has 4 aromatic rings. The number of amides is 1. The second kappa shape index (κ2) is 10.1. The summed E-state index contributed by atoms with van der Waals surface area (Å²) in [5.74, 6) is 1.17. The minimum absolute atomic E-state index is 0.0926. The zero-order valence-electron chi connectivity index (χ0n) is 20.5. The van der Waals surface area contributed by atoms with E-state index in [0.717, 1.165) is 81.3 Å². The summed E-state index contributed by atoms with van der Waals surface area (Å²) in [4.78, 5) is 33.1. The normalized spacial score (nSPS) is 14.5. The predicted octanol–water partition coefficient (Wildman–Crippen LogP) is 7.31. The first kappa shape index (κ1) is 23.9. The minimum Gasteiger partial charge on any atom is -0.360 e. The Labute approximate surface area is 224 Å². The highest BCUT2D eigenvalue weighted by Crippen LogP contribution is 2.34. The average molecular weight is 554 g/mol. The van der Waals surface area contributed by atoms with Crippen LogP contribution < -0.4 is 5.32 Å². The lowest BCUT2D eigenvalue weighted by molar-refractivity contribution is -0.120. The van der Waals surface area contributed by atoms with Gasteiger partial charge in [0.25, 0.3) is 0 Å². The van der Waals surface area contributed by atoms with E-state index in [1.165, 1.54) is 5.56 Å². The van der Waals surface area contributed by atoms with E-state index in [2.05, 4.69) is 67.6 Å². The molecule has 1 saturated carbocycles. The molecule has 0 saturated heterocycles. The number of nitrogens with one attached hydrogen (secondary N) is 2. The number of amidine groups is 1. The van der Waals surface area contributed by atoms with Crippen LogP contribution in [-0.4, -0.2) is 22.5 Å². The Morgan fingerprint density at radius 3 is 2.68 bits per heavy atom. The maximum Gasteiger partial charge on any atom is 0.228 e. The number of carbonyl (C=O) groups excluding carboxylic acids is 2. The van der Waals surface area contributed by atoms with E-state index in [1.807, 2.05) is 30.5 Å². The summed E-state index contributed by atoms with van der Waals surface area (Å²) in [6.07, 6.45) is 7.80. The molecule has 6 rings (SSSR count). The van der Waals surface area contributed by atoms with Crippen molar-refractivity contribution in [1.82, 2.24) is 10.3 Å². The number of rotatable bonds is 8. The van der Waals surface area contributed by atoms with Gasteiger partial charge in [-0.15, -0.1) is 0 Å². The molecule has 0 radical (unpaired) electrons. The van der Waals surface area contributed by atoms with Gasteiger partial charge in [0.1, 0.15) is 5.84 Å². The molecule has 0 spiro atoms. The van der Waals surface area contributed by atoms with Gasteiger partial charge in [-0.1, -0.05) is 40.2 Å². The molecule has 6 heteroatoms. The molecule has 1 aliphatic heterocycles. The van der Waals surface area contributed by atoms with E-state index in [1.54, 1.807) is 0 Å². The number of aryl methyl sites for hydroxylation is 1. The van der Waals surface area contributed by atoms with Gasteiger partial charge in [0.15, 0.2) is 5.78 Å². The van der Waals surface area contributed by atoms with Gasteiger partial charge in [0, 0.05) is 45.9 Å². The number of nitrogens with zero attached hydrogens (tertiary/aromatic N) is 1. The lowest BCUT2D eigenvalue weighted by Crippen LogP contribution is -2.31. The van der Waals surface area contributed by atoms with Crippen LogP contribution in [0.4, 0.5) is 5.69 Å². The molecule has 37 heavy (non-hydrogen) atoms. The smallest absolute Gasteiger partial charge is 0.228 e. The maximum atomic E-state index is 13.1. The number of hydrogen-bond acceptors (Lipinski definition) is 3. The Morgan fingerprint density at radius 1 is 1.00 bits per heavy atom. The third-order valence-corrected chi connectivity index (χ3v) is 7.73. The Morgan fingerprint density at radius 2 is 1.84 bits per heavy atom. The van der Waals surface area contributed by atoms with Gasteiger partial charge in [-0.2, -0.15) is 0 Å². The van der Waals surface area contributed by atoms with E-state index >= 15 is 0 Å². The predicted molar refractivity (Wildman–Crippen MR) is 151 cm³/mol. The SMILES string of the molecule is O=C(CCCCc1cccc(Br)c1)c1c[nH]c2ccc(-c3ccc4c(c3)CC(NC(=O)C3CC3)=N4)cc12. The molecule has 1 amide bonds. The quantitative estimate of drug-likeness (QED) is 0.177. The van der Waals surface area contributed by atoms with E-state index in [9.17, 15) is 9.59 Å². The van der Waals surface area contributed by atoms with Crippen LogP contribution in [0, 0.1) is 5.92 Å². The highest BCUT2D eigenvalue weighted by Gasteiger charge is 2.31. The third-order valence-electron chi connectivity index (χ3n) is 7.23. The Kier molecular flexibility index (Phi) is 6.51. The lowest BCUT2D eigenvalue weighted by Gasteiger charge is -2.06. The summed E-state index contributed by atoms with van der Waals surface area (Å²) in [5, 5.41) is 3.95. The number of aromatic nitrogens is 1. The molecule has 1 fully saturated rings. The van der Waals surface area contributed by atoms with Crippen LogP contribution >= 0.6 is 15.9 Å². The first-order valence-electron chi connectivity index (χ1n) is 12.9. The highest BCUT2D eigenvalue weighted by molar-refractivity contribution is 9.10. The second-order valence-electron chi connectivity index (χ2n) is 10.1. The fourth-order valence-corrected chi connectivity index (χ4v) is 5.46. The fraction of sp³-hybridized carbons (Fsp3) is 0.258. The minimum atomic E-state index is 0.0926. The first-order valence-corrected chi connectivity index (χ1v) is 13.7. The van der Waals surface area contributed by atoms with Crippen LogP contribution in [0.3, 0.4) is 0 Å². The monoisotopic (exact) mass is 553 g/mol. The molecule has 0 unspecified atom stereocenters. The van der Waals surface area contributed by atoms with Crippen molar-refractivity contribution in [3.8, 4) is 11.1 Å². The topological polar surface area (TPSA) is 74.3 Å². The summed E-state index contributed by atoms with van der Waals surface area (Å²) < 4.78 is 1.09. The highest BCUT2D eigenvalue weighted by atomic mass is 79.9. The van der Waals surface area contributed by atoms with Crippen LogP contribution in [0.15, 0.2) is 76.3 Å². The van der Waals surface area contributed by atoms with Crippen molar-refractivity contribution in [1.29, 1.82) is 0 Å². The van der Waals surface area contributed by atoms with Crippen LogP contribution in [0.5, 0.6) is 0 Å². The molecule has 3 aromatic carbocycles. The summed E-state index contributed by atoms with van der Waals surface area (Å²) in [7, 11) is 0. The fourth-order valence-electron chi connectivity index (χ4n) is 5.02. The van der Waals surface area contributed by atoms with Gasteiger partial charge in [-0.3, -0.25) is 9.59 Å². The number of aromatic amines is 1. The van der Waals surface area contributed by atoms with E-state index in [-0.39, 0.29) is 17.6 Å². The lowest BCUT2D eigenvalue weighted by atomic mass is 9.97. The first-order chi connectivity index (χ1) is 18.0. The van der Waals surface area contributed by atoms with Crippen LogP contribution in [0.2, 0.25) is 0 Å². The number of fused-ring (bicyclic) bond motifs is 2. The summed E-state index contributed by atoms with van der Waals surface area (Å²) in [6.45, 7) is 0. The Balaban J connectivity index is 1.13. The summed E-state index contributed by atoms with van der Waals surface area (Å²) >= 11 is 3.52. The average Bonchev–Trinajstić information content (AvgIpc) is 3.55. The van der Waals surface area contributed by atoms with Crippen molar-refractivity contribution < 1.29 is 9.59 Å². The summed E-state index contributed by atoms with van der Waals surface area (Å²) in [6, 6.07) is 20.8. The molecule has 2 N–H and O–H groups in total. The largest absolute Gasteiger partial charge is 0.360 e. The second-order valence-corrected chi connectivity index (χ2v) is 11.0. The number of H-pyrrole nitrogens is 1. The number of carbonyl (C=O) groups is 2. The number of Topliss-reactive ketones (excluding diaryl/α,β-unsaturated/α-hetero) is 1. The van der Waals surface area contributed by atoms with Crippen molar-refractivity contribution in [3.63, 3.8) is 0 Å². The van der Waals surface area contributed by atoms with Crippen molar-refractivity contribution in [2.75, 3.05) is 0 Å². The molecular weight excluding hydrogens is 526 g/mol. The van der Waals surface area contributed by atoms with E-state index in [0.29, 0.717) is 12.8 Å². The van der Waals surface area contributed by atoms with Crippen molar-refractivity contribution >= 4 is 50.0 Å². The third kappa shape index (κ3) is 5.30. The number of benzene rings is 3. The number of aliphatic imine (C=N–C) groups is 1. The number of hydrogen-bond donors (Lipinski definition) is 2. The van der Waals surface area contributed by atoms with Crippen molar-refractivity contribution in [2.45, 2.75) is 44.9 Å². The molecular formula is C31H28BrN3O2. The van der Waals surface area contributed by atoms with Gasteiger partial charge < -0.3 is 10.3 Å². The number of ketones is 1. The van der Waals surface area contributed by atoms with Crippen LogP contribution in [-0.2, 0) is 17.6 Å². The van der Waals surface area contributed by atoms with Crippen molar-refractivity contribution in [3.05, 3.63) is 88.0 Å². The Bertz CT molecular complexity index is 1550. The standard InChI is InChI=1S/C31H28BrN3O2/c32-24-6-3-5-19(14-24)4-1-2-7-29(36)26-18-33-28-13-11-22(16-25(26)28)21-10-12-27-23(15-21)17-30(34-27)35-31(37)20-8-9-20/h3,5-6,10-16,18,20,33H,1-2,4,7-9,17H2,(H,34,35,37). The molecule has 1 aromatic heterocycles. The van der Waals surface area contributed by atoms with E-state index in [4.69, 9.17) is 0 Å². The van der Waals surface area contributed by atoms with E-state index < -0.39 is 0 Å². The van der Waals surface area contributed by atoms with Gasteiger partial charge in [-0.25, -0.2) is 4.99 Å². The van der Waals surface area contributed by atoms with Gasteiger partial charge >= 0.3 is 0 Å². The molecule has 0 atom stereocenters. The Hall–Kier alpha value is -3.51. The zero-order valence-corrected chi connectivity index (χ0v) is 22.1. The van der Waals surface area contributed by atoms with Crippen LogP contribution in [0.25, 0.3) is 22.0 Å². The molecule has 5 nitrogen and oxygen atoms in total. The summed E-state index contributed by atoms with van der Waals surface area (Å²) in [5.41, 5.74) is 7.18. The number of unbranched alkanes of at least 4 members (excludes halogenated alkanes) is 1. The van der Waals surface area contributed by atoms with Gasteiger partial charge in [-0.05, 0) is 90.8 Å². The number of halogens is 1. The zero-order chi connectivity index (χ0) is 25.4. The molecule has 1 aliphatic carbocycles. The maximum absolute atomic E-state index is 13.1. The molecule has 186 valence electrons. The van der Waals surface area contributed by atoms with Crippen LogP contribution in [0.1, 0.15) is 53.6 Å². The van der Waals surface area contributed by atoms with Gasteiger partial charge in [0.2, 0.25) is 5.91 Å². The van der Waals surface area contributed by atoms with Gasteiger partial charge in [0.05, 0.1) is 5.69 Å². The van der Waals surface area contributed by atoms with Crippen molar-refractivity contribution in [2.24, 2.45) is 10.9 Å². The molecule has 0 bridgehead atoms.